The Labute approximate surface area is 143 Å². The van der Waals surface area contributed by atoms with Crippen LogP contribution >= 0.6 is 11.6 Å². The minimum absolute atomic E-state index is 0.288. The Kier molecular flexibility index (Phi) is 4.59. The van der Waals surface area contributed by atoms with E-state index in [1.807, 2.05) is 12.1 Å². The quantitative estimate of drug-likeness (QED) is 0.719. The maximum atomic E-state index is 10.8. The summed E-state index contributed by atoms with van der Waals surface area (Å²) in [7, 11) is 1.58. The lowest BCUT2D eigenvalue weighted by Gasteiger charge is -2.10. The van der Waals surface area contributed by atoms with Gasteiger partial charge >= 0.3 is 5.97 Å². The summed E-state index contributed by atoms with van der Waals surface area (Å²) in [6.45, 7) is 0.288. The normalized spacial score (nSPS) is 11.4. The lowest BCUT2D eigenvalue weighted by molar-refractivity contribution is -0.131. The molecule has 0 atom stereocenters. The SMILES string of the molecule is COCc1c(/C=C/C(=O)O)cnn1-c1ccnc2cc(Cl)ccc12. The van der Waals surface area contributed by atoms with E-state index >= 15 is 0 Å². The molecule has 0 aliphatic carbocycles. The highest BCUT2D eigenvalue weighted by Crippen LogP contribution is 2.25. The minimum atomic E-state index is -1.02. The number of aromatic nitrogens is 3. The van der Waals surface area contributed by atoms with Crippen LogP contribution in [0.5, 0.6) is 0 Å². The topological polar surface area (TPSA) is 77.2 Å². The first-order valence-electron chi connectivity index (χ1n) is 7.11. The third-order valence-electron chi connectivity index (χ3n) is 3.50. The second-order valence-corrected chi connectivity index (χ2v) is 5.49. The fourth-order valence-corrected chi connectivity index (χ4v) is 2.63. The van der Waals surface area contributed by atoms with Gasteiger partial charge in [-0.15, -0.1) is 0 Å². The van der Waals surface area contributed by atoms with E-state index in [1.165, 1.54) is 6.08 Å². The van der Waals surface area contributed by atoms with E-state index in [2.05, 4.69) is 10.1 Å². The molecule has 122 valence electrons. The smallest absolute Gasteiger partial charge is 0.328 e. The monoisotopic (exact) mass is 343 g/mol. The molecule has 3 aromatic rings. The van der Waals surface area contributed by atoms with Crippen molar-refractivity contribution < 1.29 is 14.6 Å². The van der Waals surface area contributed by atoms with E-state index in [-0.39, 0.29) is 6.61 Å². The van der Waals surface area contributed by atoms with Crippen molar-refractivity contribution in [3.63, 3.8) is 0 Å². The first-order valence-corrected chi connectivity index (χ1v) is 7.49. The molecule has 1 aromatic carbocycles. The highest BCUT2D eigenvalue weighted by Gasteiger charge is 2.13. The highest BCUT2D eigenvalue weighted by atomic mass is 35.5. The van der Waals surface area contributed by atoms with Gasteiger partial charge in [0.05, 0.1) is 29.7 Å². The third kappa shape index (κ3) is 3.15. The summed E-state index contributed by atoms with van der Waals surface area (Å²) >= 11 is 6.03. The third-order valence-corrected chi connectivity index (χ3v) is 3.73. The number of halogens is 1. The molecule has 1 N–H and O–H groups in total. The van der Waals surface area contributed by atoms with Crippen LogP contribution in [0, 0.1) is 0 Å². The van der Waals surface area contributed by atoms with Gasteiger partial charge in [0.1, 0.15) is 0 Å². The largest absolute Gasteiger partial charge is 0.478 e. The predicted octanol–water partition coefficient (Wildman–Crippen LogP) is 3.32. The van der Waals surface area contributed by atoms with E-state index in [9.17, 15) is 4.79 Å². The first-order chi connectivity index (χ1) is 11.6. The highest BCUT2D eigenvalue weighted by molar-refractivity contribution is 6.31. The zero-order valence-corrected chi connectivity index (χ0v) is 13.6. The predicted molar refractivity (Wildman–Crippen MR) is 91.3 cm³/mol. The van der Waals surface area contributed by atoms with Gasteiger partial charge in [0, 0.05) is 35.4 Å². The number of nitrogens with zero attached hydrogens (tertiary/aromatic N) is 3. The van der Waals surface area contributed by atoms with Crippen LogP contribution in [0.3, 0.4) is 0 Å². The van der Waals surface area contributed by atoms with Gasteiger partial charge in [-0.25, -0.2) is 9.48 Å². The number of rotatable bonds is 5. The number of benzene rings is 1. The van der Waals surface area contributed by atoms with Crippen LogP contribution in [-0.4, -0.2) is 33.0 Å². The zero-order chi connectivity index (χ0) is 17.1. The number of carbonyl (C=O) groups is 1. The van der Waals surface area contributed by atoms with Crippen molar-refractivity contribution in [2.24, 2.45) is 0 Å². The lowest BCUT2D eigenvalue weighted by atomic mass is 10.1. The van der Waals surface area contributed by atoms with Gasteiger partial charge in [-0.2, -0.15) is 5.10 Å². The Morgan fingerprint density at radius 3 is 3.00 bits per heavy atom. The summed E-state index contributed by atoms with van der Waals surface area (Å²) in [5.41, 5.74) is 3.00. The van der Waals surface area contributed by atoms with E-state index in [4.69, 9.17) is 21.4 Å². The summed E-state index contributed by atoms with van der Waals surface area (Å²) in [6.07, 6.45) is 5.86. The molecule has 3 rings (SSSR count). The fraction of sp³-hybridized carbons (Fsp3) is 0.118. The molecule has 6 nitrogen and oxygen atoms in total. The molecule has 0 amide bonds. The molecule has 0 aliphatic heterocycles. The van der Waals surface area contributed by atoms with Gasteiger partial charge < -0.3 is 9.84 Å². The lowest BCUT2D eigenvalue weighted by Crippen LogP contribution is -2.05. The number of ether oxygens (including phenoxy) is 1. The Balaban J connectivity index is 2.17. The number of methoxy groups -OCH3 is 1. The summed E-state index contributed by atoms with van der Waals surface area (Å²) in [5, 5.41) is 14.7. The maximum Gasteiger partial charge on any atom is 0.328 e. The number of carboxylic acid groups (broad SMARTS) is 1. The van der Waals surface area contributed by atoms with Gasteiger partial charge in [0.15, 0.2) is 0 Å². The molecule has 0 saturated heterocycles. The Morgan fingerprint density at radius 2 is 2.25 bits per heavy atom. The molecule has 0 radical (unpaired) electrons. The van der Waals surface area contributed by atoms with Crippen molar-refractivity contribution >= 4 is 34.5 Å². The van der Waals surface area contributed by atoms with Crippen LogP contribution < -0.4 is 0 Å². The molecule has 0 spiro atoms. The van der Waals surface area contributed by atoms with Crippen LogP contribution in [0.2, 0.25) is 5.02 Å². The van der Waals surface area contributed by atoms with Crippen molar-refractivity contribution in [1.29, 1.82) is 0 Å². The number of carboxylic acids is 1. The van der Waals surface area contributed by atoms with Crippen molar-refractivity contribution in [2.75, 3.05) is 7.11 Å². The van der Waals surface area contributed by atoms with Gasteiger partial charge in [-0.05, 0) is 30.3 Å². The second-order valence-electron chi connectivity index (χ2n) is 5.05. The van der Waals surface area contributed by atoms with E-state index < -0.39 is 5.97 Å². The number of hydrogen-bond acceptors (Lipinski definition) is 4. The average Bonchev–Trinajstić information content (AvgIpc) is 2.95. The van der Waals surface area contributed by atoms with Crippen molar-refractivity contribution in [2.45, 2.75) is 6.61 Å². The Bertz CT molecular complexity index is 934. The number of pyridine rings is 1. The summed E-state index contributed by atoms with van der Waals surface area (Å²) in [6, 6.07) is 7.29. The first kappa shape index (κ1) is 16.2. The molecule has 2 aromatic heterocycles. The molecule has 0 aliphatic rings. The molecule has 0 fully saturated rings. The second kappa shape index (κ2) is 6.82. The minimum Gasteiger partial charge on any atom is -0.478 e. The molecular weight excluding hydrogens is 330 g/mol. The fourth-order valence-electron chi connectivity index (χ4n) is 2.47. The molecule has 0 saturated carbocycles. The molecule has 2 heterocycles. The van der Waals surface area contributed by atoms with Gasteiger partial charge in [-0.1, -0.05) is 11.6 Å². The van der Waals surface area contributed by atoms with E-state index in [0.29, 0.717) is 10.6 Å². The van der Waals surface area contributed by atoms with E-state index in [1.54, 1.807) is 36.3 Å². The standard InChI is InChI=1S/C17H14ClN3O3/c1-24-10-16-11(2-5-17(22)23)9-20-21(16)15-6-7-19-14-8-12(18)3-4-13(14)15/h2-9H,10H2,1H3,(H,22,23)/b5-2+. The molecule has 0 unspecified atom stereocenters. The van der Waals surface area contributed by atoms with Crippen LogP contribution in [0.4, 0.5) is 0 Å². The molecule has 0 bridgehead atoms. The van der Waals surface area contributed by atoms with Crippen LogP contribution in [-0.2, 0) is 16.1 Å². The molecule has 7 heteroatoms. The van der Waals surface area contributed by atoms with E-state index in [0.717, 1.165) is 28.4 Å². The van der Waals surface area contributed by atoms with Crippen LogP contribution in [0.15, 0.2) is 42.7 Å². The van der Waals surface area contributed by atoms with Crippen molar-refractivity contribution in [1.82, 2.24) is 14.8 Å². The van der Waals surface area contributed by atoms with Gasteiger partial charge in [0.25, 0.3) is 0 Å². The summed E-state index contributed by atoms with van der Waals surface area (Å²) < 4.78 is 6.97. The van der Waals surface area contributed by atoms with Crippen LogP contribution in [0.1, 0.15) is 11.3 Å². The van der Waals surface area contributed by atoms with Crippen LogP contribution in [0.25, 0.3) is 22.7 Å². The number of hydrogen-bond donors (Lipinski definition) is 1. The maximum absolute atomic E-state index is 10.8. The van der Waals surface area contributed by atoms with Gasteiger partial charge in [-0.3, -0.25) is 4.98 Å². The van der Waals surface area contributed by atoms with Gasteiger partial charge in [0.2, 0.25) is 0 Å². The zero-order valence-electron chi connectivity index (χ0n) is 12.8. The average molecular weight is 344 g/mol. The summed E-state index contributed by atoms with van der Waals surface area (Å²) in [5.74, 6) is -1.02. The Hall–Kier alpha value is -2.70. The number of fused-ring (bicyclic) bond motifs is 1. The number of aliphatic carboxylic acids is 1. The van der Waals surface area contributed by atoms with Crippen molar-refractivity contribution in [3.05, 3.63) is 59.0 Å². The summed E-state index contributed by atoms with van der Waals surface area (Å²) in [4.78, 5) is 15.1. The van der Waals surface area contributed by atoms with Crippen molar-refractivity contribution in [3.8, 4) is 5.69 Å². The Morgan fingerprint density at radius 1 is 1.42 bits per heavy atom. The molecule has 24 heavy (non-hydrogen) atoms. The molecular formula is C17H14ClN3O3.